The van der Waals surface area contributed by atoms with Gasteiger partial charge in [0, 0.05) is 44.5 Å². The van der Waals surface area contributed by atoms with Crippen molar-refractivity contribution in [2.24, 2.45) is 0 Å². The second-order valence-electron chi connectivity index (χ2n) is 6.56. The van der Waals surface area contributed by atoms with Crippen molar-refractivity contribution in [3.63, 3.8) is 0 Å². The van der Waals surface area contributed by atoms with Gasteiger partial charge in [0.15, 0.2) is 16.9 Å². The van der Waals surface area contributed by atoms with Crippen molar-refractivity contribution in [2.75, 3.05) is 20.8 Å². The minimum atomic E-state index is -1.22. The van der Waals surface area contributed by atoms with Crippen LogP contribution in [0.4, 0.5) is 0 Å². The molecule has 0 saturated heterocycles. The topological polar surface area (TPSA) is 87.0 Å². The van der Waals surface area contributed by atoms with Gasteiger partial charge in [-0.15, -0.1) is 0 Å². The van der Waals surface area contributed by atoms with Crippen LogP contribution in [-0.2, 0) is 17.7 Å². The Hall–Kier alpha value is -2.80. The van der Waals surface area contributed by atoms with E-state index in [-0.39, 0.29) is 11.7 Å². The van der Waals surface area contributed by atoms with Gasteiger partial charge in [-0.3, -0.25) is 4.79 Å². The van der Waals surface area contributed by atoms with Crippen LogP contribution < -0.4 is 14.9 Å². The van der Waals surface area contributed by atoms with Gasteiger partial charge >= 0.3 is 5.97 Å². The Morgan fingerprint density at radius 2 is 2.04 bits per heavy atom. The second kappa shape index (κ2) is 7.84. The highest BCUT2D eigenvalue weighted by Crippen LogP contribution is 2.38. The van der Waals surface area contributed by atoms with Crippen LogP contribution in [0.5, 0.6) is 11.5 Å². The van der Waals surface area contributed by atoms with Crippen molar-refractivity contribution in [2.45, 2.75) is 32.4 Å². The highest BCUT2D eigenvalue weighted by atomic mass is 16.5. The molecule has 0 saturated carbocycles. The first-order valence-electron chi connectivity index (χ1n) is 8.79. The molecule has 1 aromatic heterocycles. The molecule has 2 aromatic rings. The summed E-state index contributed by atoms with van der Waals surface area (Å²) in [5.74, 6) is 0.00602. The number of benzene rings is 1. The Morgan fingerprint density at radius 3 is 2.70 bits per heavy atom. The maximum absolute atomic E-state index is 12.1. The van der Waals surface area contributed by atoms with Crippen LogP contribution in [-0.4, -0.2) is 42.6 Å². The number of nitrogens with zero attached hydrogens (tertiary/aromatic N) is 1. The number of aryl methyl sites for hydroxylation is 2. The molecule has 0 amide bonds. The van der Waals surface area contributed by atoms with Crippen LogP contribution in [0.1, 0.15) is 29.3 Å². The second-order valence-corrected chi connectivity index (χ2v) is 6.56. The highest BCUT2D eigenvalue weighted by molar-refractivity contribution is 5.87. The number of rotatable bonds is 7. The standard InChI is InChI=1S/C20H23NO6/c1-12(5-7-25-2)27-19-8-13-4-6-21-11-15(20(23)24)17(22)10-16(21)14(13)9-18(19)26-3/h8-12H,4-7H2,1-3H3,(H,23,24). The fourth-order valence-electron chi connectivity index (χ4n) is 3.25. The van der Waals surface area contributed by atoms with E-state index in [0.717, 1.165) is 17.5 Å². The van der Waals surface area contributed by atoms with Gasteiger partial charge in [-0.2, -0.15) is 0 Å². The zero-order chi connectivity index (χ0) is 19.6. The fourth-order valence-corrected chi connectivity index (χ4v) is 3.25. The summed E-state index contributed by atoms with van der Waals surface area (Å²) in [6, 6.07) is 5.16. The summed E-state index contributed by atoms with van der Waals surface area (Å²) in [5.41, 5.74) is 1.84. The summed E-state index contributed by atoms with van der Waals surface area (Å²) in [7, 11) is 3.22. The number of fused-ring (bicyclic) bond motifs is 3. The zero-order valence-electron chi connectivity index (χ0n) is 15.7. The normalized spacial score (nSPS) is 13.4. The van der Waals surface area contributed by atoms with Crippen molar-refractivity contribution < 1.29 is 24.1 Å². The van der Waals surface area contributed by atoms with Crippen molar-refractivity contribution >= 4 is 5.97 Å². The van der Waals surface area contributed by atoms with Gasteiger partial charge in [0.25, 0.3) is 0 Å². The Kier molecular flexibility index (Phi) is 5.51. The van der Waals surface area contributed by atoms with E-state index in [2.05, 4.69) is 0 Å². The molecule has 1 aromatic carbocycles. The predicted molar refractivity (Wildman–Crippen MR) is 99.9 cm³/mol. The summed E-state index contributed by atoms with van der Waals surface area (Å²) < 4.78 is 18.4. The van der Waals surface area contributed by atoms with Crippen LogP contribution in [0.2, 0.25) is 0 Å². The molecule has 0 fully saturated rings. The van der Waals surface area contributed by atoms with E-state index < -0.39 is 11.4 Å². The van der Waals surface area contributed by atoms with Gasteiger partial charge in [0.1, 0.15) is 5.56 Å². The quantitative estimate of drug-likeness (QED) is 0.803. The third-order valence-corrected chi connectivity index (χ3v) is 4.70. The van der Waals surface area contributed by atoms with E-state index in [1.807, 2.05) is 19.1 Å². The Bertz CT molecular complexity index is 917. The molecular weight excluding hydrogens is 350 g/mol. The summed E-state index contributed by atoms with van der Waals surface area (Å²) in [6.45, 7) is 3.17. The number of hydrogen-bond donors (Lipinski definition) is 1. The van der Waals surface area contributed by atoms with E-state index in [0.29, 0.717) is 36.8 Å². The summed E-state index contributed by atoms with van der Waals surface area (Å²) in [5, 5.41) is 9.17. The molecule has 0 spiro atoms. The van der Waals surface area contributed by atoms with Crippen molar-refractivity contribution in [1.29, 1.82) is 0 Å². The molecule has 1 unspecified atom stereocenters. The molecule has 0 bridgehead atoms. The molecular formula is C20H23NO6. The number of carbonyl (C=O) groups is 1. The lowest BCUT2D eigenvalue weighted by atomic mass is 9.96. The predicted octanol–water partition coefficient (Wildman–Crippen LogP) is 2.58. The maximum atomic E-state index is 12.1. The molecule has 2 heterocycles. The summed E-state index contributed by atoms with van der Waals surface area (Å²) in [4.78, 5) is 23.4. The molecule has 7 nitrogen and oxygen atoms in total. The van der Waals surface area contributed by atoms with Gasteiger partial charge in [0.05, 0.1) is 18.9 Å². The van der Waals surface area contributed by atoms with E-state index in [9.17, 15) is 9.59 Å². The molecule has 1 atom stereocenters. The number of methoxy groups -OCH3 is 2. The van der Waals surface area contributed by atoms with E-state index in [1.165, 1.54) is 12.3 Å². The minimum absolute atomic E-state index is 0.0338. The molecule has 7 heteroatoms. The molecule has 1 aliphatic heterocycles. The highest BCUT2D eigenvalue weighted by Gasteiger charge is 2.22. The third-order valence-electron chi connectivity index (χ3n) is 4.70. The minimum Gasteiger partial charge on any atom is -0.493 e. The molecule has 0 aliphatic carbocycles. The first-order valence-corrected chi connectivity index (χ1v) is 8.79. The average molecular weight is 373 g/mol. The maximum Gasteiger partial charge on any atom is 0.341 e. The lowest BCUT2D eigenvalue weighted by Crippen LogP contribution is -2.22. The third kappa shape index (κ3) is 3.83. The van der Waals surface area contributed by atoms with E-state index in [4.69, 9.17) is 19.3 Å². The lowest BCUT2D eigenvalue weighted by molar-refractivity contribution is 0.0694. The van der Waals surface area contributed by atoms with Crippen molar-refractivity contribution in [3.8, 4) is 22.8 Å². The first-order chi connectivity index (χ1) is 12.9. The molecule has 27 heavy (non-hydrogen) atoms. The van der Waals surface area contributed by atoms with Crippen LogP contribution in [0.25, 0.3) is 11.3 Å². The van der Waals surface area contributed by atoms with Gasteiger partial charge in [-0.05, 0) is 31.0 Å². The van der Waals surface area contributed by atoms with Crippen LogP contribution in [0.15, 0.2) is 29.2 Å². The number of pyridine rings is 1. The Morgan fingerprint density at radius 1 is 1.26 bits per heavy atom. The number of aromatic nitrogens is 1. The first kappa shape index (κ1) is 19.0. The van der Waals surface area contributed by atoms with Crippen LogP contribution in [0.3, 0.4) is 0 Å². The molecule has 3 rings (SSSR count). The monoisotopic (exact) mass is 373 g/mol. The van der Waals surface area contributed by atoms with Gasteiger partial charge in [0.2, 0.25) is 0 Å². The van der Waals surface area contributed by atoms with Gasteiger partial charge in [-0.1, -0.05) is 0 Å². The number of ether oxygens (including phenoxy) is 3. The fraction of sp³-hybridized carbons (Fsp3) is 0.400. The van der Waals surface area contributed by atoms with Crippen molar-refractivity contribution in [3.05, 3.63) is 45.7 Å². The van der Waals surface area contributed by atoms with Gasteiger partial charge < -0.3 is 23.9 Å². The Balaban J connectivity index is 2.01. The number of aromatic carboxylic acids is 1. The summed E-state index contributed by atoms with van der Waals surface area (Å²) >= 11 is 0. The Labute approximate surface area is 157 Å². The smallest absolute Gasteiger partial charge is 0.341 e. The van der Waals surface area contributed by atoms with Crippen LogP contribution in [0, 0.1) is 0 Å². The number of hydrogen-bond acceptors (Lipinski definition) is 5. The van der Waals surface area contributed by atoms with E-state index >= 15 is 0 Å². The number of carboxylic acid groups (broad SMARTS) is 1. The molecule has 1 aliphatic rings. The lowest BCUT2D eigenvalue weighted by Gasteiger charge is -2.25. The molecule has 0 radical (unpaired) electrons. The van der Waals surface area contributed by atoms with Crippen molar-refractivity contribution in [1.82, 2.24) is 4.57 Å². The zero-order valence-corrected chi connectivity index (χ0v) is 15.7. The average Bonchev–Trinajstić information content (AvgIpc) is 2.65. The SMILES string of the molecule is COCCC(C)Oc1cc2c(cc1OC)-c1cc(=O)c(C(=O)O)cn1CC2. The molecule has 144 valence electrons. The molecule has 1 N–H and O–H groups in total. The summed E-state index contributed by atoms with van der Waals surface area (Å²) in [6.07, 6.45) is 2.84. The van der Waals surface area contributed by atoms with E-state index in [1.54, 1.807) is 18.8 Å². The van der Waals surface area contributed by atoms with Gasteiger partial charge in [-0.25, -0.2) is 4.79 Å². The number of carboxylic acids is 1. The van der Waals surface area contributed by atoms with Crippen LogP contribution >= 0.6 is 0 Å². The largest absolute Gasteiger partial charge is 0.493 e.